The quantitative estimate of drug-likeness (QED) is 0.817. The zero-order chi connectivity index (χ0) is 16.4. The van der Waals surface area contributed by atoms with E-state index in [1.54, 1.807) is 24.3 Å². The highest BCUT2D eigenvalue weighted by molar-refractivity contribution is 6.30. The molecule has 0 heterocycles. The highest BCUT2D eigenvalue weighted by atomic mass is 35.5. The van der Waals surface area contributed by atoms with E-state index in [-0.39, 0.29) is 6.42 Å². The smallest absolute Gasteiger partial charge is 0.351 e. The molecule has 0 radical (unpaired) electrons. The summed E-state index contributed by atoms with van der Waals surface area (Å²) in [6.45, 7) is 0. The summed E-state index contributed by atoms with van der Waals surface area (Å²) in [5.74, 6) is 1.78. The van der Waals surface area contributed by atoms with E-state index in [0.29, 0.717) is 17.9 Å². The first-order valence-corrected chi connectivity index (χ1v) is 7.22. The van der Waals surface area contributed by atoms with Crippen molar-refractivity contribution in [3.63, 3.8) is 0 Å². The summed E-state index contributed by atoms with van der Waals surface area (Å²) in [4.78, 5) is 12.4. The van der Waals surface area contributed by atoms with E-state index in [9.17, 15) is 18.0 Å². The summed E-state index contributed by atoms with van der Waals surface area (Å²) in [6.07, 6.45) is 0.660. The Morgan fingerprint density at radius 3 is 2.41 bits per heavy atom. The number of benzene rings is 1. The molecule has 1 N–H and O–H groups in total. The lowest BCUT2D eigenvalue weighted by Crippen LogP contribution is -2.43. The molecule has 22 heavy (non-hydrogen) atoms. The lowest BCUT2D eigenvalue weighted by atomic mass is 9.94. The van der Waals surface area contributed by atoms with Gasteiger partial charge in [-0.3, -0.25) is 4.79 Å². The van der Waals surface area contributed by atoms with Crippen LogP contribution in [-0.4, -0.2) is 18.1 Å². The molecule has 1 unspecified atom stereocenters. The van der Waals surface area contributed by atoms with E-state index in [2.05, 4.69) is 11.2 Å². The van der Waals surface area contributed by atoms with Gasteiger partial charge in [-0.1, -0.05) is 23.7 Å². The molecule has 1 aromatic carbocycles. The molecule has 0 aromatic heterocycles. The van der Waals surface area contributed by atoms with Crippen molar-refractivity contribution < 1.29 is 18.0 Å². The van der Waals surface area contributed by atoms with Crippen LogP contribution in [0.1, 0.15) is 31.2 Å². The second-order valence-corrected chi connectivity index (χ2v) is 5.92. The molecule has 1 fully saturated rings. The van der Waals surface area contributed by atoms with Crippen LogP contribution < -0.4 is 5.32 Å². The predicted molar refractivity (Wildman–Crippen MR) is 78.4 cm³/mol. The van der Waals surface area contributed by atoms with Crippen molar-refractivity contribution in [2.24, 2.45) is 0 Å². The molecule has 1 atom stereocenters. The van der Waals surface area contributed by atoms with E-state index in [0.717, 1.165) is 5.56 Å². The first-order chi connectivity index (χ1) is 10.3. The van der Waals surface area contributed by atoms with Crippen molar-refractivity contribution in [1.82, 2.24) is 5.32 Å². The van der Waals surface area contributed by atoms with Gasteiger partial charge in [0.15, 0.2) is 0 Å². The summed E-state index contributed by atoms with van der Waals surface area (Å²) >= 11 is 5.81. The van der Waals surface area contributed by atoms with Gasteiger partial charge in [-0.05, 0) is 30.5 Å². The Kier molecular flexibility index (Phi) is 4.72. The van der Waals surface area contributed by atoms with Gasteiger partial charge in [0.25, 0.3) is 0 Å². The number of carbonyl (C=O) groups is 1. The normalized spacial score (nSPS) is 17.4. The van der Waals surface area contributed by atoms with E-state index in [1.807, 2.05) is 0 Å². The first kappa shape index (κ1) is 16.7. The maximum absolute atomic E-state index is 12.5. The molecule has 6 heteroatoms. The van der Waals surface area contributed by atoms with Gasteiger partial charge >= 0.3 is 6.18 Å². The average molecular weight is 330 g/mol. The molecule has 0 bridgehead atoms. The largest absolute Gasteiger partial charge is 0.391 e. The van der Waals surface area contributed by atoms with E-state index in [1.165, 1.54) is 0 Å². The second-order valence-electron chi connectivity index (χ2n) is 5.49. The molecule has 1 aliphatic carbocycles. The highest BCUT2D eigenvalue weighted by Gasteiger charge is 2.51. The van der Waals surface area contributed by atoms with Gasteiger partial charge in [0.2, 0.25) is 5.91 Å². The van der Waals surface area contributed by atoms with Crippen molar-refractivity contribution in [3.8, 4) is 12.3 Å². The van der Waals surface area contributed by atoms with Crippen LogP contribution in [0.3, 0.4) is 0 Å². The molecule has 1 saturated carbocycles. The predicted octanol–water partition coefficient (Wildman–Crippen LogP) is 3.83. The third kappa shape index (κ3) is 3.95. The van der Waals surface area contributed by atoms with Crippen LogP contribution in [0.25, 0.3) is 0 Å². The topological polar surface area (TPSA) is 29.1 Å². The Hall–Kier alpha value is -1.67. The van der Waals surface area contributed by atoms with Crippen LogP contribution in [0.2, 0.25) is 5.02 Å². The summed E-state index contributed by atoms with van der Waals surface area (Å²) in [6, 6.07) is 5.70. The maximum atomic E-state index is 12.5. The number of nitrogens with one attached hydrogen (secondary N) is 1. The molecule has 118 valence electrons. The Bertz CT molecular complexity index is 585. The standard InChI is InChI=1S/C16H15ClF3NO/c1-2-3-13(10-16(18,19)20)21-14(22)15(8-9-15)11-4-6-12(17)7-5-11/h1,4-7,13H,3,8-10H2,(H,21,22). The number of carbonyl (C=O) groups excluding carboxylic acids is 1. The Morgan fingerprint density at radius 2 is 1.95 bits per heavy atom. The molecule has 1 aliphatic rings. The summed E-state index contributed by atoms with van der Waals surface area (Å²) < 4.78 is 37.6. The van der Waals surface area contributed by atoms with Gasteiger partial charge in [0.1, 0.15) is 0 Å². The number of hydrogen-bond acceptors (Lipinski definition) is 1. The molecule has 0 aliphatic heterocycles. The molecule has 2 nitrogen and oxygen atoms in total. The van der Waals surface area contributed by atoms with Gasteiger partial charge in [0, 0.05) is 17.5 Å². The minimum atomic E-state index is -4.37. The Balaban J connectivity index is 2.10. The summed E-state index contributed by atoms with van der Waals surface area (Å²) in [5, 5.41) is 3.00. The van der Waals surface area contributed by atoms with E-state index < -0.39 is 30.0 Å². The molecule has 1 aromatic rings. The maximum Gasteiger partial charge on any atom is 0.391 e. The number of amides is 1. The van der Waals surface area contributed by atoms with E-state index >= 15 is 0 Å². The van der Waals surface area contributed by atoms with Crippen LogP contribution in [0.4, 0.5) is 13.2 Å². The van der Waals surface area contributed by atoms with Crippen LogP contribution >= 0.6 is 11.6 Å². The van der Waals surface area contributed by atoms with Crippen molar-refractivity contribution >= 4 is 17.5 Å². The fourth-order valence-corrected chi connectivity index (χ4v) is 2.59. The van der Waals surface area contributed by atoms with Crippen molar-refractivity contribution in [2.75, 3.05) is 0 Å². The Morgan fingerprint density at radius 1 is 1.36 bits per heavy atom. The molecular weight excluding hydrogens is 315 g/mol. The van der Waals surface area contributed by atoms with Crippen molar-refractivity contribution in [1.29, 1.82) is 0 Å². The molecule has 2 rings (SSSR count). The zero-order valence-corrected chi connectivity index (χ0v) is 12.5. The number of rotatable bonds is 5. The minimum absolute atomic E-state index is 0.151. The molecule has 0 spiro atoms. The van der Waals surface area contributed by atoms with Crippen LogP contribution in [0, 0.1) is 12.3 Å². The van der Waals surface area contributed by atoms with Crippen LogP contribution in [0.15, 0.2) is 24.3 Å². The first-order valence-electron chi connectivity index (χ1n) is 6.84. The van der Waals surface area contributed by atoms with Crippen molar-refractivity contribution in [2.45, 2.75) is 43.3 Å². The third-order valence-electron chi connectivity index (χ3n) is 3.76. The van der Waals surface area contributed by atoms with Gasteiger partial charge in [0.05, 0.1) is 11.8 Å². The number of alkyl halides is 3. The number of halogens is 4. The fourth-order valence-electron chi connectivity index (χ4n) is 2.46. The van der Waals surface area contributed by atoms with Gasteiger partial charge in [-0.2, -0.15) is 13.2 Å². The fraction of sp³-hybridized carbons (Fsp3) is 0.438. The van der Waals surface area contributed by atoms with Crippen LogP contribution in [0.5, 0.6) is 0 Å². The SMILES string of the molecule is C#CCC(CC(F)(F)F)NC(=O)C1(c2ccc(Cl)cc2)CC1. The Labute approximate surface area is 132 Å². The lowest BCUT2D eigenvalue weighted by molar-refractivity contribution is -0.142. The highest BCUT2D eigenvalue weighted by Crippen LogP contribution is 2.48. The second kappa shape index (κ2) is 6.21. The summed E-state index contributed by atoms with van der Waals surface area (Å²) in [7, 11) is 0. The van der Waals surface area contributed by atoms with Crippen molar-refractivity contribution in [3.05, 3.63) is 34.9 Å². The molecule has 1 amide bonds. The third-order valence-corrected chi connectivity index (χ3v) is 4.01. The van der Waals surface area contributed by atoms with Crippen LogP contribution in [-0.2, 0) is 10.2 Å². The number of hydrogen-bond donors (Lipinski definition) is 1. The van der Waals surface area contributed by atoms with Gasteiger partial charge < -0.3 is 5.32 Å². The van der Waals surface area contributed by atoms with Gasteiger partial charge in [-0.25, -0.2) is 0 Å². The molecular formula is C16H15ClF3NO. The molecule has 0 saturated heterocycles. The van der Waals surface area contributed by atoms with Gasteiger partial charge in [-0.15, -0.1) is 12.3 Å². The minimum Gasteiger partial charge on any atom is -0.351 e. The average Bonchev–Trinajstić information content (AvgIpc) is 3.19. The number of terminal acetylenes is 1. The monoisotopic (exact) mass is 329 g/mol. The summed E-state index contributed by atoms with van der Waals surface area (Å²) in [5.41, 5.74) is 0.0177. The lowest BCUT2D eigenvalue weighted by Gasteiger charge is -2.22. The zero-order valence-electron chi connectivity index (χ0n) is 11.7. The van der Waals surface area contributed by atoms with E-state index in [4.69, 9.17) is 18.0 Å².